The number of unbranched alkanes of at least 4 members (excludes halogenated alkanes) is 4. The zero-order chi connectivity index (χ0) is 17.8. The first kappa shape index (κ1) is 21.7. The first-order valence-corrected chi connectivity index (χ1v) is 10.6. The highest BCUT2D eigenvalue weighted by molar-refractivity contribution is 5.49. The molecule has 0 bridgehead atoms. The van der Waals surface area contributed by atoms with E-state index in [4.69, 9.17) is 4.74 Å². The molecule has 2 heteroatoms. The molecule has 0 aromatic rings. The molecule has 0 N–H and O–H groups in total. The molecule has 0 radical (unpaired) electrons. The van der Waals surface area contributed by atoms with Crippen LogP contribution in [-0.2, 0) is 9.53 Å². The molecule has 1 heterocycles. The number of ether oxygens (including phenoxy) is 1. The normalized spacial score (nSPS) is 24.0. The molecule has 142 valence electrons. The fourth-order valence-electron chi connectivity index (χ4n) is 4.23. The molecule has 0 aromatic heterocycles. The Hall–Kier alpha value is -0.370. The first-order valence-electron chi connectivity index (χ1n) is 10.6. The van der Waals surface area contributed by atoms with E-state index in [0.29, 0.717) is 23.9 Å². The zero-order valence-electron chi connectivity index (χ0n) is 16.8. The molecule has 0 spiro atoms. The Morgan fingerprint density at radius 2 is 1.83 bits per heavy atom. The second-order valence-corrected chi connectivity index (χ2v) is 8.50. The van der Waals surface area contributed by atoms with Crippen molar-refractivity contribution in [1.29, 1.82) is 0 Å². The molecule has 1 saturated heterocycles. The van der Waals surface area contributed by atoms with Crippen LogP contribution >= 0.6 is 0 Å². The van der Waals surface area contributed by atoms with Gasteiger partial charge in [0, 0.05) is 13.0 Å². The summed E-state index contributed by atoms with van der Waals surface area (Å²) in [7, 11) is 0. The predicted octanol–water partition coefficient (Wildman–Crippen LogP) is 6.42. The minimum atomic E-state index is 0.440. The van der Waals surface area contributed by atoms with Gasteiger partial charge in [0.05, 0.1) is 6.10 Å². The van der Waals surface area contributed by atoms with Gasteiger partial charge in [-0.3, -0.25) is 0 Å². The Kier molecular flexibility index (Phi) is 11.7. The molecule has 0 saturated carbocycles. The summed E-state index contributed by atoms with van der Waals surface area (Å²) in [6.45, 7) is 10.2. The maximum atomic E-state index is 11.0. The summed E-state index contributed by atoms with van der Waals surface area (Å²) in [5.41, 5.74) is 0. The van der Waals surface area contributed by atoms with E-state index in [1.807, 2.05) is 0 Å². The van der Waals surface area contributed by atoms with Crippen LogP contribution in [0, 0.1) is 23.7 Å². The lowest BCUT2D eigenvalue weighted by Gasteiger charge is -2.36. The topological polar surface area (TPSA) is 26.3 Å². The molecule has 0 amide bonds. The average molecular weight is 339 g/mol. The summed E-state index contributed by atoms with van der Waals surface area (Å²) in [6.07, 6.45) is 15.1. The minimum Gasteiger partial charge on any atom is -0.378 e. The summed E-state index contributed by atoms with van der Waals surface area (Å²) in [5, 5.41) is 0. The third-order valence-corrected chi connectivity index (χ3v) is 5.96. The second-order valence-electron chi connectivity index (χ2n) is 8.50. The van der Waals surface area contributed by atoms with Crippen LogP contribution in [0.4, 0.5) is 0 Å². The van der Waals surface area contributed by atoms with Gasteiger partial charge in [-0.1, -0.05) is 66.2 Å². The highest BCUT2D eigenvalue weighted by atomic mass is 16.5. The van der Waals surface area contributed by atoms with Crippen molar-refractivity contribution in [2.24, 2.45) is 23.7 Å². The predicted molar refractivity (Wildman–Crippen MR) is 103 cm³/mol. The van der Waals surface area contributed by atoms with Gasteiger partial charge in [0.2, 0.25) is 0 Å². The van der Waals surface area contributed by atoms with Gasteiger partial charge >= 0.3 is 0 Å². The van der Waals surface area contributed by atoms with E-state index in [1.165, 1.54) is 64.2 Å². The minimum absolute atomic E-state index is 0.440. The lowest BCUT2D eigenvalue weighted by molar-refractivity contribution is -0.108. The van der Waals surface area contributed by atoms with Crippen molar-refractivity contribution in [3.05, 3.63) is 0 Å². The molecular weight excluding hydrogens is 296 g/mol. The van der Waals surface area contributed by atoms with Gasteiger partial charge in [0.15, 0.2) is 0 Å². The Morgan fingerprint density at radius 3 is 2.46 bits per heavy atom. The van der Waals surface area contributed by atoms with Crippen LogP contribution in [-0.4, -0.2) is 19.0 Å². The second kappa shape index (κ2) is 12.9. The number of carbonyl (C=O) groups excluding carboxylic acids is 1. The van der Waals surface area contributed by atoms with Crippen LogP contribution in [0.1, 0.15) is 98.3 Å². The number of carbonyl (C=O) groups is 1. The fourth-order valence-corrected chi connectivity index (χ4v) is 4.23. The van der Waals surface area contributed by atoms with Crippen molar-refractivity contribution in [2.75, 3.05) is 6.61 Å². The molecule has 1 rings (SSSR count). The Morgan fingerprint density at radius 1 is 1.08 bits per heavy atom. The standard InChI is InChI=1S/C22H42O2/c1-5-6-7-8-9-10-20(13-15-23)11-12-21(18(2)3)22-17-19(4)14-16-24-22/h15,18-22H,5-14,16-17H2,1-4H3. The van der Waals surface area contributed by atoms with Gasteiger partial charge in [-0.05, 0) is 49.4 Å². The lowest BCUT2D eigenvalue weighted by Crippen LogP contribution is -2.34. The van der Waals surface area contributed by atoms with E-state index in [0.717, 1.165) is 25.2 Å². The molecular formula is C22H42O2. The Labute approximate surface area is 151 Å². The highest BCUT2D eigenvalue weighted by Gasteiger charge is 2.30. The van der Waals surface area contributed by atoms with E-state index in [-0.39, 0.29) is 0 Å². The maximum absolute atomic E-state index is 11.0. The van der Waals surface area contributed by atoms with Crippen LogP contribution in [0.3, 0.4) is 0 Å². The zero-order valence-corrected chi connectivity index (χ0v) is 16.8. The SMILES string of the molecule is CCCCCCCC(CC=O)CCC(C(C)C)C1CC(C)CCO1. The van der Waals surface area contributed by atoms with E-state index in [9.17, 15) is 4.79 Å². The quantitative estimate of drug-likeness (QED) is 0.286. The summed E-state index contributed by atoms with van der Waals surface area (Å²) in [6, 6.07) is 0. The van der Waals surface area contributed by atoms with Gasteiger partial charge in [-0.15, -0.1) is 0 Å². The number of hydrogen-bond donors (Lipinski definition) is 0. The van der Waals surface area contributed by atoms with Crippen LogP contribution < -0.4 is 0 Å². The Balaban J connectivity index is 2.41. The van der Waals surface area contributed by atoms with E-state index in [2.05, 4.69) is 27.7 Å². The number of rotatable bonds is 13. The largest absolute Gasteiger partial charge is 0.378 e. The molecule has 4 unspecified atom stereocenters. The summed E-state index contributed by atoms with van der Waals surface area (Å²) >= 11 is 0. The average Bonchev–Trinajstić information content (AvgIpc) is 2.54. The Bertz CT molecular complexity index is 313. The first-order chi connectivity index (χ1) is 11.6. The van der Waals surface area contributed by atoms with Gasteiger partial charge in [0.25, 0.3) is 0 Å². The molecule has 0 aromatic carbocycles. The fraction of sp³-hybridized carbons (Fsp3) is 0.955. The summed E-state index contributed by atoms with van der Waals surface area (Å²) in [4.78, 5) is 11.0. The molecule has 1 aliphatic heterocycles. The smallest absolute Gasteiger partial charge is 0.120 e. The molecule has 0 aliphatic carbocycles. The molecule has 2 nitrogen and oxygen atoms in total. The van der Waals surface area contributed by atoms with E-state index < -0.39 is 0 Å². The van der Waals surface area contributed by atoms with Crippen molar-refractivity contribution in [2.45, 2.75) is 104 Å². The number of hydrogen-bond acceptors (Lipinski definition) is 2. The van der Waals surface area contributed by atoms with Crippen LogP contribution in [0.25, 0.3) is 0 Å². The van der Waals surface area contributed by atoms with Gasteiger partial charge in [-0.25, -0.2) is 0 Å². The molecule has 1 fully saturated rings. The molecule has 4 atom stereocenters. The van der Waals surface area contributed by atoms with Crippen molar-refractivity contribution in [3.63, 3.8) is 0 Å². The molecule has 1 aliphatic rings. The van der Waals surface area contributed by atoms with Crippen molar-refractivity contribution < 1.29 is 9.53 Å². The summed E-state index contributed by atoms with van der Waals surface area (Å²) < 4.78 is 6.12. The lowest BCUT2D eigenvalue weighted by atomic mass is 9.78. The van der Waals surface area contributed by atoms with Crippen molar-refractivity contribution in [3.8, 4) is 0 Å². The van der Waals surface area contributed by atoms with Crippen molar-refractivity contribution >= 4 is 6.29 Å². The van der Waals surface area contributed by atoms with E-state index >= 15 is 0 Å². The van der Waals surface area contributed by atoms with Gasteiger partial charge in [0.1, 0.15) is 6.29 Å². The van der Waals surface area contributed by atoms with E-state index in [1.54, 1.807) is 0 Å². The monoisotopic (exact) mass is 338 g/mol. The van der Waals surface area contributed by atoms with Crippen LogP contribution in [0.2, 0.25) is 0 Å². The van der Waals surface area contributed by atoms with Gasteiger partial charge in [-0.2, -0.15) is 0 Å². The molecule has 24 heavy (non-hydrogen) atoms. The van der Waals surface area contributed by atoms with Crippen LogP contribution in [0.15, 0.2) is 0 Å². The third-order valence-electron chi connectivity index (χ3n) is 5.96. The number of aldehydes is 1. The third kappa shape index (κ3) is 8.65. The van der Waals surface area contributed by atoms with Gasteiger partial charge < -0.3 is 9.53 Å². The summed E-state index contributed by atoms with van der Waals surface area (Å²) in [5.74, 6) is 2.71. The van der Waals surface area contributed by atoms with Crippen molar-refractivity contribution in [1.82, 2.24) is 0 Å². The maximum Gasteiger partial charge on any atom is 0.120 e. The van der Waals surface area contributed by atoms with Crippen LogP contribution in [0.5, 0.6) is 0 Å². The highest BCUT2D eigenvalue weighted by Crippen LogP contribution is 2.33.